The number of carbonyl (C=O) groups excluding carboxylic acids is 4. The molecule has 36 heavy (non-hydrogen) atoms. The summed E-state index contributed by atoms with van der Waals surface area (Å²) in [6.45, 7) is 0.238. The van der Waals surface area contributed by atoms with E-state index in [-0.39, 0.29) is 56.2 Å². The van der Waals surface area contributed by atoms with Crippen molar-refractivity contribution in [3.63, 3.8) is 0 Å². The van der Waals surface area contributed by atoms with Crippen molar-refractivity contribution in [2.24, 2.45) is 5.92 Å². The minimum atomic E-state index is -1.42. The number of nitrogens with one attached hydrogen (secondary N) is 4. The summed E-state index contributed by atoms with van der Waals surface area (Å²) in [5.41, 5.74) is 5.64. The third kappa shape index (κ3) is 5.86. The van der Waals surface area contributed by atoms with E-state index in [1.54, 1.807) is 6.08 Å². The van der Waals surface area contributed by atoms with Gasteiger partial charge in [0.1, 0.15) is 24.0 Å². The Bertz CT molecular complexity index is 1140. The maximum atomic E-state index is 12.6. The molecule has 0 bridgehead atoms. The van der Waals surface area contributed by atoms with Gasteiger partial charge in [0.05, 0.1) is 6.04 Å². The Morgan fingerprint density at radius 1 is 1.33 bits per heavy atom. The van der Waals surface area contributed by atoms with Crippen LogP contribution < -0.4 is 32.3 Å². The highest BCUT2D eigenvalue weighted by Crippen LogP contribution is 2.30. The lowest BCUT2D eigenvalue weighted by Gasteiger charge is -2.35. The van der Waals surface area contributed by atoms with E-state index >= 15 is 0 Å². The van der Waals surface area contributed by atoms with Crippen LogP contribution in [0.2, 0.25) is 0 Å². The molecular weight excluding hydrogens is 478 g/mol. The lowest BCUT2D eigenvalue weighted by molar-refractivity contribution is -0.722. The molecule has 1 aliphatic carbocycles. The zero-order chi connectivity index (χ0) is 26.5. The van der Waals surface area contributed by atoms with Crippen molar-refractivity contribution in [2.45, 2.75) is 44.2 Å². The molecule has 7 N–H and O–H groups in total. The van der Waals surface area contributed by atoms with Gasteiger partial charge >= 0.3 is 18.8 Å². The number of aliphatic carboxylic acids is 2. The average Bonchev–Trinajstić information content (AvgIpc) is 2.85. The van der Waals surface area contributed by atoms with Crippen LogP contribution >= 0.6 is 0 Å². The number of aromatic amines is 1. The average molecular weight is 505 g/mol. The van der Waals surface area contributed by atoms with E-state index < -0.39 is 52.3 Å². The van der Waals surface area contributed by atoms with E-state index in [2.05, 4.69) is 25.9 Å². The maximum Gasteiger partial charge on any atom is 0.326 e. The Balaban J connectivity index is 1.68. The lowest BCUT2D eigenvalue weighted by atomic mass is 9.90. The largest absolute Gasteiger partial charge is 0.550 e. The number of H-pyrrole nitrogens is 1. The van der Waals surface area contributed by atoms with Crippen molar-refractivity contribution in [1.82, 2.24) is 15.3 Å². The van der Waals surface area contributed by atoms with Crippen molar-refractivity contribution in [2.75, 3.05) is 29.5 Å². The summed E-state index contributed by atoms with van der Waals surface area (Å²) >= 11 is 0. The van der Waals surface area contributed by atoms with E-state index in [4.69, 9.17) is 5.73 Å². The molecule has 0 fully saturated rings. The SMILES string of the molecule is Nc1nc2c(c(=O)[nH]1)NC(C[N+](C=O)(C=O)C1=CCC(C(=O)NC(CCC(=O)[O-])C(=O)O)CC1)CN2. The monoisotopic (exact) mass is 505 g/mol. The van der Waals surface area contributed by atoms with Crippen LogP contribution in [0.3, 0.4) is 0 Å². The molecule has 0 aromatic carbocycles. The summed E-state index contributed by atoms with van der Waals surface area (Å²) < 4.78 is -0.674. The number of rotatable bonds is 11. The van der Waals surface area contributed by atoms with E-state index in [0.29, 0.717) is 18.5 Å². The fourth-order valence-electron chi connectivity index (χ4n) is 4.31. The number of aromatic nitrogens is 2. The molecule has 1 aliphatic heterocycles. The van der Waals surface area contributed by atoms with Crippen LogP contribution in [0.1, 0.15) is 32.1 Å². The van der Waals surface area contributed by atoms with Crippen molar-refractivity contribution in [3.05, 3.63) is 22.1 Å². The minimum Gasteiger partial charge on any atom is -0.550 e. The predicted molar refractivity (Wildman–Crippen MR) is 122 cm³/mol. The van der Waals surface area contributed by atoms with Gasteiger partial charge in [0.2, 0.25) is 11.9 Å². The number of nitrogen functional groups attached to an aromatic ring is 1. The molecule has 0 saturated heterocycles. The van der Waals surface area contributed by atoms with Crippen LogP contribution in [0.15, 0.2) is 16.6 Å². The highest BCUT2D eigenvalue weighted by molar-refractivity contribution is 5.85. The molecule has 3 atom stereocenters. The van der Waals surface area contributed by atoms with Gasteiger partial charge in [-0.1, -0.05) is 0 Å². The summed E-state index contributed by atoms with van der Waals surface area (Å²) in [5.74, 6) is -3.76. The summed E-state index contributed by atoms with van der Waals surface area (Å²) in [5, 5.41) is 28.1. The third-order valence-electron chi connectivity index (χ3n) is 6.24. The van der Waals surface area contributed by atoms with Gasteiger partial charge in [0.25, 0.3) is 5.56 Å². The fraction of sp³-hybridized carbons (Fsp3) is 0.476. The normalized spacial score (nSPS) is 19.9. The topological polar surface area (TPSA) is 236 Å². The molecular formula is C21H27N7O8. The van der Waals surface area contributed by atoms with Crippen LogP contribution in [-0.2, 0) is 24.0 Å². The van der Waals surface area contributed by atoms with E-state index in [9.17, 15) is 39.0 Å². The summed E-state index contributed by atoms with van der Waals surface area (Å²) in [6, 6.07) is -1.87. The molecule has 194 valence electrons. The van der Waals surface area contributed by atoms with Crippen LogP contribution in [0.5, 0.6) is 0 Å². The second-order valence-electron chi connectivity index (χ2n) is 8.70. The molecule has 2 heterocycles. The first-order chi connectivity index (χ1) is 17.1. The summed E-state index contributed by atoms with van der Waals surface area (Å²) in [6.07, 6.45) is 2.35. The van der Waals surface area contributed by atoms with Gasteiger partial charge in [-0.15, -0.1) is 0 Å². The standard InChI is InChI=1S/C21H27N7O8/c22-21-26-17-16(19(34)27-21)24-12(7-23-17)8-28(9-29,10-30)13-3-1-11(2-4-13)18(33)25-14(20(35)36)5-6-15(31)32/h3,9-12,14,24H,1-2,4-8H2,(H6-,22,23,25,26,27,31,32,33,34,35,36). The first kappa shape index (κ1) is 26.3. The number of carboxylic acid groups (broad SMARTS) is 2. The van der Waals surface area contributed by atoms with Crippen LogP contribution in [0.4, 0.5) is 17.5 Å². The van der Waals surface area contributed by atoms with Crippen molar-refractivity contribution in [3.8, 4) is 0 Å². The first-order valence-corrected chi connectivity index (χ1v) is 11.2. The summed E-state index contributed by atoms with van der Waals surface area (Å²) in [4.78, 5) is 77.3. The quantitative estimate of drug-likeness (QED) is 0.135. The molecule has 1 aromatic rings. The number of imide groups is 1. The van der Waals surface area contributed by atoms with Gasteiger partial charge in [-0.2, -0.15) is 9.47 Å². The van der Waals surface area contributed by atoms with Crippen LogP contribution in [0.25, 0.3) is 0 Å². The number of carboxylic acids is 2. The second kappa shape index (κ2) is 11.0. The predicted octanol–water partition coefficient (Wildman–Crippen LogP) is -2.53. The number of hydrogen-bond donors (Lipinski definition) is 6. The lowest BCUT2D eigenvalue weighted by Crippen LogP contribution is -2.54. The molecule has 15 nitrogen and oxygen atoms in total. The zero-order valence-corrected chi connectivity index (χ0v) is 19.2. The Hall–Kier alpha value is -4.27. The molecule has 0 saturated carbocycles. The molecule has 0 radical (unpaired) electrons. The number of allylic oxidation sites excluding steroid dienone is 2. The number of quaternary nitrogens is 1. The van der Waals surface area contributed by atoms with Crippen molar-refractivity contribution >= 4 is 48.1 Å². The number of nitrogens with zero attached hydrogens (tertiary/aromatic N) is 2. The number of amides is 3. The van der Waals surface area contributed by atoms with Gasteiger partial charge in [0.15, 0.2) is 5.82 Å². The Labute approximate surface area is 204 Å². The van der Waals surface area contributed by atoms with Crippen molar-refractivity contribution in [1.29, 1.82) is 0 Å². The smallest absolute Gasteiger partial charge is 0.326 e. The number of fused-ring (bicyclic) bond motifs is 1. The molecule has 0 spiro atoms. The van der Waals surface area contributed by atoms with Gasteiger partial charge < -0.3 is 36.7 Å². The molecule has 15 heteroatoms. The maximum absolute atomic E-state index is 12.6. The second-order valence-corrected chi connectivity index (χ2v) is 8.70. The van der Waals surface area contributed by atoms with Gasteiger partial charge in [-0.05, 0) is 31.8 Å². The van der Waals surface area contributed by atoms with Gasteiger partial charge in [-0.25, -0.2) is 14.4 Å². The third-order valence-corrected chi connectivity index (χ3v) is 6.24. The number of anilines is 3. The fourth-order valence-corrected chi connectivity index (χ4v) is 4.31. The molecule has 3 unspecified atom stereocenters. The zero-order valence-electron chi connectivity index (χ0n) is 19.2. The van der Waals surface area contributed by atoms with E-state index in [0.717, 1.165) is 0 Å². The minimum absolute atomic E-state index is 0.0176. The Morgan fingerprint density at radius 2 is 2.06 bits per heavy atom. The van der Waals surface area contributed by atoms with Crippen molar-refractivity contribution < 1.29 is 38.7 Å². The molecule has 3 amide bonds. The molecule has 1 aromatic heterocycles. The summed E-state index contributed by atoms with van der Waals surface area (Å²) in [7, 11) is 0. The van der Waals surface area contributed by atoms with Gasteiger partial charge in [-0.3, -0.25) is 14.6 Å². The Kier molecular flexibility index (Phi) is 8.03. The molecule has 2 aliphatic rings. The number of nitrogens with two attached hydrogens (primary N) is 1. The van der Waals surface area contributed by atoms with Gasteiger partial charge in [0, 0.05) is 24.9 Å². The van der Waals surface area contributed by atoms with E-state index in [1.165, 1.54) is 0 Å². The number of carbonyl (C=O) groups is 5. The number of hydrogen-bond acceptors (Lipinski definition) is 11. The highest BCUT2D eigenvalue weighted by atomic mass is 16.4. The first-order valence-electron chi connectivity index (χ1n) is 11.2. The Morgan fingerprint density at radius 3 is 2.64 bits per heavy atom. The van der Waals surface area contributed by atoms with Crippen LogP contribution in [-0.4, -0.2) is 75.4 Å². The van der Waals surface area contributed by atoms with Crippen LogP contribution in [0, 0.1) is 5.92 Å². The molecule has 3 rings (SSSR count). The van der Waals surface area contributed by atoms with E-state index in [1.807, 2.05) is 0 Å². The highest BCUT2D eigenvalue weighted by Gasteiger charge is 2.40.